The average Bonchev–Trinajstić information content (AvgIpc) is 1.90. The van der Waals surface area contributed by atoms with Gasteiger partial charge >= 0.3 is 0 Å². The fourth-order valence-electron chi connectivity index (χ4n) is 0.538. The summed E-state index contributed by atoms with van der Waals surface area (Å²) in [6.45, 7) is 4.12. The van der Waals surface area contributed by atoms with Gasteiger partial charge in [-0.15, -0.1) is 10.2 Å². The van der Waals surface area contributed by atoms with Gasteiger partial charge in [-0.2, -0.15) is 5.53 Å². The SMILES string of the molecule is CC(C)C1=NNN=CN1. The first kappa shape index (κ1) is 6.07. The summed E-state index contributed by atoms with van der Waals surface area (Å²) in [7, 11) is 0. The maximum Gasteiger partial charge on any atom is 0.131 e. The highest BCUT2D eigenvalue weighted by atomic mass is 15.6. The Morgan fingerprint density at radius 2 is 2.33 bits per heavy atom. The third-order valence-electron chi connectivity index (χ3n) is 1.05. The molecule has 4 nitrogen and oxygen atoms in total. The zero-order chi connectivity index (χ0) is 6.69. The van der Waals surface area contributed by atoms with Crippen LogP contribution in [-0.2, 0) is 0 Å². The van der Waals surface area contributed by atoms with E-state index in [9.17, 15) is 0 Å². The van der Waals surface area contributed by atoms with Crippen molar-refractivity contribution in [2.75, 3.05) is 0 Å². The van der Waals surface area contributed by atoms with Gasteiger partial charge < -0.3 is 5.32 Å². The van der Waals surface area contributed by atoms with Crippen LogP contribution in [0.5, 0.6) is 0 Å². The van der Waals surface area contributed by atoms with E-state index in [4.69, 9.17) is 0 Å². The van der Waals surface area contributed by atoms with Crippen molar-refractivity contribution in [3.8, 4) is 0 Å². The number of nitrogens with zero attached hydrogens (tertiary/aromatic N) is 2. The van der Waals surface area contributed by atoms with E-state index in [-0.39, 0.29) is 0 Å². The predicted molar refractivity (Wildman–Crippen MR) is 37.0 cm³/mol. The standard InChI is InChI=1S/C5H10N4/c1-4(2)5-6-3-7-9-8-5/h3-4,9H,1-2H3,(H,6,7,8). The third kappa shape index (κ3) is 1.42. The summed E-state index contributed by atoms with van der Waals surface area (Å²) in [5.41, 5.74) is 2.51. The van der Waals surface area contributed by atoms with Crippen LogP contribution in [0.2, 0.25) is 0 Å². The molecule has 9 heavy (non-hydrogen) atoms. The molecule has 1 rings (SSSR count). The molecule has 1 aliphatic heterocycles. The molecular weight excluding hydrogens is 116 g/mol. The smallest absolute Gasteiger partial charge is 0.131 e. The molecule has 4 heteroatoms. The van der Waals surface area contributed by atoms with E-state index in [0.717, 1.165) is 5.84 Å². The molecule has 0 unspecified atom stereocenters. The molecule has 0 saturated carbocycles. The van der Waals surface area contributed by atoms with Gasteiger partial charge in [-0.1, -0.05) is 13.8 Å². The lowest BCUT2D eigenvalue weighted by molar-refractivity contribution is 0.741. The van der Waals surface area contributed by atoms with Gasteiger partial charge in [0, 0.05) is 5.92 Å². The molecule has 0 bridgehead atoms. The van der Waals surface area contributed by atoms with Crippen molar-refractivity contribution in [3.05, 3.63) is 0 Å². The second-order valence-corrected chi connectivity index (χ2v) is 2.15. The zero-order valence-electron chi connectivity index (χ0n) is 5.55. The van der Waals surface area contributed by atoms with Crippen molar-refractivity contribution in [3.63, 3.8) is 0 Å². The summed E-state index contributed by atoms with van der Waals surface area (Å²) in [5.74, 6) is 1.34. The molecule has 0 amide bonds. The van der Waals surface area contributed by atoms with Crippen LogP contribution in [-0.4, -0.2) is 12.2 Å². The molecule has 0 aromatic heterocycles. The van der Waals surface area contributed by atoms with Gasteiger partial charge in [0.05, 0.1) is 0 Å². The summed E-state index contributed by atoms with van der Waals surface area (Å²) < 4.78 is 0. The Labute approximate surface area is 54.0 Å². The minimum atomic E-state index is 0.421. The summed E-state index contributed by atoms with van der Waals surface area (Å²) in [6, 6.07) is 0. The first-order valence-corrected chi connectivity index (χ1v) is 2.91. The van der Waals surface area contributed by atoms with Crippen LogP contribution >= 0.6 is 0 Å². The maximum absolute atomic E-state index is 3.89. The van der Waals surface area contributed by atoms with Crippen molar-refractivity contribution >= 4 is 12.2 Å². The Morgan fingerprint density at radius 3 is 2.67 bits per heavy atom. The van der Waals surface area contributed by atoms with Gasteiger partial charge in [-0.25, -0.2) is 0 Å². The van der Waals surface area contributed by atoms with E-state index >= 15 is 0 Å². The van der Waals surface area contributed by atoms with Crippen LogP contribution in [0.4, 0.5) is 0 Å². The Bertz CT molecular complexity index is 147. The second kappa shape index (κ2) is 2.48. The first-order chi connectivity index (χ1) is 4.30. The highest BCUT2D eigenvalue weighted by molar-refractivity contribution is 5.93. The molecule has 1 heterocycles. The minimum Gasteiger partial charge on any atom is -0.331 e. The molecule has 0 aromatic rings. The van der Waals surface area contributed by atoms with Crippen LogP contribution in [0, 0.1) is 5.92 Å². The maximum atomic E-state index is 3.89. The number of hydrogen-bond acceptors (Lipinski definition) is 4. The molecule has 0 radical (unpaired) electrons. The van der Waals surface area contributed by atoms with Crippen molar-refractivity contribution < 1.29 is 0 Å². The van der Waals surface area contributed by atoms with Gasteiger partial charge in [0.1, 0.15) is 12.2 Å². The summed E-state index contributed by atoms with van der Waals surface area (Å²) >= 11 is 0. The molecular formula is C5H10N4. The van der Waals surface area contributed by atoms with Crippen LogP contribution in [0.3, 0.4) is 0 Å². The Balaban J connectivity index is 2.50. The largest absolute Gasteiger partial charge is 0.331 e. The summed E-state index contributed by atoms with van der Waals surface area (Å²) in [5, 5.41) is 10.4. The van der Waals surface area contributed by atoms with E-state index in [1.807, 2.05) is 0 Å². The number of rotatable bonds is 1. The molecule has 1 aliphatic rings. The third-order valence-corrected chi connectivity index (χ3v) is 1.05. The topological polar surface area (TPSA) is 48.8 Å². The van der Waals surface area contributed by atoms with Crippen molar-refractivity contribution in [1.82, 2.24) is 10.9 Å². The van der Waals surface area contributed by atoms with Crippen molar-refractivity contribution in [2.24, 2.45) is 16.1 Å². The molecule has 0 aliphatic carbocycles. The average molecular weight is 126 g/mol. The number of hydrazone groups is 2. The molecule has 2 N–H and O–H groups in total. The number of hydrogen-bond donors (Lipinski definition) is 2. The normalized spacial score (nSPS) is 16.6. The first-order valence-electron chi connectivity index (χ1n) is 2.91. The fourth-order valence-corrected chi connectivity index (χ4v) is 0.538. The Kier molecular flexibility index (Phi) is 1.67. The lowest BCUT2D eigenvalue weighted by atomic mass is 10.2. The summed E-state index contributed by atoms with van der Waals surface area (Å²) in [4.78, 5) is 0. The van der Waals surface area contributed by atoms with E-state index < -0.39 is 0 Å². The monoisotopic (exact) mass is 126 g/mol. The molecule has 0 aromatic carbocycles. The fraction of sp³-hybridized carbons (Fsp3) is 0.600. The van der Waals surface area contributed by atoms with Gasteiger partial charge in [0.15, 0.2) is 0 Å². The highest BCUT2D eigenvalue weighted by Gasteiger charge is 2.03. The van der Waals surface area contributed by atoms with E-state index in [0.29, 0.717) is 5.92 Å². The predicted octanol–water partition coefficient (Wildman–Crippen LogP) is 0.0920. The number of amidine groups is 1. The van der Waals surface area contributed by atoms with Gasteiger partial charge in [-0.05, 0) is 0 Å². The molecule has 0 saturated heterocycles. The summed E-state index contributed by atoms with van der Waals surface area (Å²) in [6.07, 6.45) is 1.59. The van der Waals surface area contributed by atoms with Crippen molar-refractivity contribution in [1.29, 1.82) is 0 Å². The van der Waals surface area contributed by atoms with Crippen LogP contribution in [0.25, 0.3) is 0 Å². The highest BCUT2D eigenvalue weighted by Crippen LogP contribution is 1.93. The van der Waals surface area contributed by atoms with E-state index in [1.54, 1.807) is 6.34 Å². The molecule has 50 valence electrons. The Hall–Kier alpha value is -1.06. The molecule has 0 atom stereocenters. The minimum absolute atomic E-state index is 0.421. The van der Waals surface area contributed by atoms with Gasteiger partial charge in [0.2, 0.25) is 0 Å². The Morgan fingerprint density at radius 1 is 1.56 bits per heavy atom. The van der Waals surface area contributed by atoms with E-state index in [1.165, 1.54) is 0 Å². The lowest BCUT2D eigenvalue weighted by Gasteiger charge is -2.11. The lowest BCUT2D eigenvalue weighted by Crippen LogP contribution is -2.32. The van der Waals surface area contributed by atoms with Crippen LogP contribution in [0.15, 0.2) is 10.2 Å². The van der Waals surface area contributed by atoms with E-state index in [2.05, 4.69) is 34.9 Å². The van der Waals surface area contributed by atoms with Crippen LogP contribution < -0.4 is 10.9 Å². The molecule has 0 spiro atoms. The second-order valence-electron chi connectivity index (χ2n) is 2.15. The quantitative estimate of drug-likeness (QED) is 0.523. The van der Waals surface area contributed by atoms with Gasteiger partial charge in [-0.3, -0.25) is 0 Å². The zero-order valence-corrected chi connectivity index (χ0v) is 5.55. The molecule has 0 fully saturated rings. The van der Waals surface area contributed by atoms with Crippen LogP contribution in [0.1, 0.15) is 13.8 Å². The van der Waals surface area contributed by atoms with Crippen molar-refractivity contribution in [2.45, 2.75) is 13.8 Å². The number of nitrogens with one attached hydrogen (secondary N) is 2. The van der Waals surface area contributed by atoms with Gasteiger partial charge in [0.25, 0.3) is 0 Å².